The van der Waals surface area contributed by atoms with Crippen molar-refractivity contribution in [3.05, 3.63) is 0 Å². The van der Waals surface area contributed by atoms with Crippen LogP contribution in [0.25, 0.3) is 0 Å². The number of hydrogen-bond acceptors (Lipinski definition) is 3. The van der Waals surface area contributed by atoms with Crippen LogP contribution in [0.15, 0.2) is 0 Å². The molecule has 1 spiro atoms. The van der Waals surface area contributed by atoms with Crippen molar-refractivity contribution in [2.24, 2.45) is 5.41 Å². The number of aliphatic hydroxyl groups excluding tert-OH is 1. The lowest BCUT2D eigenvalue weighted by molar-refractivity contribution is -0.154. The average molecular weight is 239 g/mol. The maximum atomic E-state index is 12.0. The predicted molar refractivity (Wildman–Crippen MR) is 63.2 cm³/mol. The van der Waals surface area contributed by atoms with E-state index in [0.717, 1.165) is 25.7 Å². The van der Waals surface area contributed by atoms with E-state index in [1.807, 2.05) is 0 Å². The quantitative estimate of drug-likeness (QED) is 0.759. The van der Waals surface area contributed by atoms with Gasteiger partial charge in [0.15, 0.2) is 0 Å². The lowest BCUT2D eigenvalue weighted by atomic mass is 9.67. The third kappa shape index (κ3) is 2.68. The molecule has 17 heavy (non-hydrogen) atoms. The zero-order chi connectivity index (χ0) is 12.3. The second-order valence-corrected chi connectivity index (χ2v) is 5.43. The van der Waals surface area contributed by atoms with Gasteiger partial charge in [0.1, 0.15) is 0 Å². The molecule has 2 fully saturated rings. The Morgan fingerprint density at radius 1 is 1.06 bits per heavy atom. The molecule has 2 amide bonds. The van der Waals surface area contributed by atoms with Gasteiger partial charge in [0, 0.05) is 26.0 Å². The predicted octanol–water partition coefficient (Wildman–Crippen LogP) is 1.47. The van der Waals surface area contributed by atoms with Crippen LogP contribution in [0.5, 0.6) is 0 Å². The van der Waals surface area contributed by atoms with Crippen LogP contribution in [0.2, 0.25) is 0 Å². The molecule has 96 valence electrons. The van der Waals surface area contributed by atoms with E-state index in [-0.39, 0.29) is 23.8 Å². The van der Waals surface area contributed by atoms with E-state index in [1.165, 1.54) is 11.3 Å². The summed E-state index contributed by atoms with van der Waals surface area (Å²) < 4.78 is 0. The molecule has 0 radical (unpaired) electrons. The Balaban J connectivity index is 2.01. The first kappa shape index (κ1) is 12.6. The van der Waals surface area contributed by atoms with Crippen molar-refractivity contribution in [1.29, 1.82) is 0 Å². The number of piperidine rings is 1. The molecule has 0 aromatic heterocycles. The fraction of sp³-hybridized carbons (Fsp3) is 0.846. The molecule has 0 atom stereocenters. The van der Waals surface area contributed by atoms with Gasteiger partial charge in [0.05, 0.1) is 0 Å². The highest BCUT2D eigenvalue weighted by atomic mass is 16.3. The molecule has 0 aromatic rings. The van der Waals surface area contributed by atoms with Gasteiger partial charge in [-0.2, -0.15) is 0 Å². The standard InChI is InChI=1S/C13H21NO3/c15-8-4-7-14-11(16)9-13(10-12(14)17)5-2-1-3-6-13/h15H,1-10H2. The van der Waals surface area contributed by atoms with Crippen molar-refractivity contribution >= 4 is 11.8 Å². The van der Waals surface area contributed by atoms with E-state index >= 15 is 0 Å². The summed E-state index contributed by atoms with van der Waals surface area (Å²) in [4.78, 5) is 25.4. The molecule has 0 aromatic carbocycles. The molecular weight excluding hydrogens is 218 g/mol. The van der Waals surface area contributed by atoms with Crippen molar-refractivity contribution in [2.75, 3.05) is 13.2 Å². The maximum absolute atomic E-state index is 12.0. The van der Waals surface area contributed by atoms with E-state index < -0.39 is 0 Å². The second kappa shape index (κ2) is 5.17. The maximum Gasteiger partial charge on any atom is 0.229 e. The Morgan fingerprint density at radius 3 is 2.18 bits per heavy atom. The molecule has 4 nitrogen and oxygen atoms in total. The van der Waals surface area contributed by atoms with Crippen LogP contribution in [0.3, 0.4) is 0 Å². The summed E-state index contributed by atoms with van der Waals surface area (Å²) in [6.07, 6.45) is 7.14. The minimum atomic E-state index is -0.0309. The number of likely N-dealkylation sites (tertiary alicyclic amines) is 1. The van der Waals surface area contributed by atoms with Crippen LogP contribution < -0.4 is 0 Å². The van der Waals surface area contributed by atoms with Gasteiger partial charge in [-0.25, -0.2) is 0 Å². The summed E-state index contributed by atoms with van der Waals surface area (Å²) in [6.45, 7) is 0.409. The zero-order valence-corrected chi connectivity index (χ0v) is 10.3. The molecule has 0 bridgehead atoms. The van der Waals surface area contributed by atoms with Gasteiger partial charge >= 0.3 is 0 Å². The highest BCUT2D eigenvalue weighted by molar-refractivity contribution is 5.98. The van der Waals surface area contributed by atoms with E-state index in [2.05, 4.69) is 0 Å². The molecule has 4 heteroatoms. The lowest BCUT2D eigenvalue weighted by Gasteiger charge is -2.42. The first-order valence-electron chi connectivity index (χ1n) is 6.61. The highest BCUT2D eigenvalue weighted by Gasteiger charge is 2.43. The molecule has 1 saturated carbocycles. The van der Waals surface area contributed by atoms with Gasteiger partial charge in [-0.3, -0.25) is 14.5 Å². The van der Waals surface area contributed by atoms with Gasteiger partial charge < -0.3 is 5.11 Å². The third-order valence-electron chi connectivity index (χ3n) is 4.11. The van der Waals surface area contributed by atoms with E-state index in [9.17, 15) is 9.59 Å². The molecule has 1 aliphatic heterocycles. The smallest absolute Gasteiger partial charge is 0.229 e. The Morgan fingerprint density at radius 2 is 1.65 bits per heavy atom. The van der Waals surface area contributed by atoms with E-state index in [1.54, 1.807) is 0 Å². The first-order chi connectivity index (χ1) is 8.17. The fourth-order valence-corrected chi connectivity index (χ4v) is 3.17. The molecule has 1 heterocycles. The number of imide groups is 1. The van der Waals surface area contributed by atoms with Gasteiger partial charge in [-0.15, -0.1) is 0 Å². The lowest BCUT2D eigenvalue weighted by Crippen LogP contribution is -2.49. The topological polar surface area (TPSA) is 57.6 Å². The number of nitrogens with zero attached hydrogens (tertiary/aromatic N) is 1. The Hall–Kier alpha value is -0.900. The average Bonchev–Trinajstić information content (AvgIpc) is 2.29. The monoisotopic (exact) mass is 239 g/mol. The Kier molecular flexibility index (Phi) is 3.82. The molecule has 0 unspecified atom stereocenters. The van der Waals surface area contributed by atoms with Crippen LogP contribution in [0.1, 0.15) is 51.4 Å². The summed E-state index contributed by atoms with van der Waals surface area (Å²) >= 11 is 0. The fourth-order valence-electron chi connectivity index (χ4n) is 3.17. The van der Waals surface area contributed by atoms with E-state index in [4.69, 9.17) is 5.11 Å². The summed E-state index contributed by atoms with van der Waals surface area (Å²) in [6, 6.07) is 0. The number of amides is 2. The van der Waals surface area contributed by atoms with Crippen LogP contribution in [-0.4, -0.2) is 35.0 Å². The number of hydrogen-bond donors (Lipinski definition) is 1. The Bertz CT molecular complexity index is 288. The molecule has 1 N–H and O–H groups in total. The summed E-state index contributed by atoms with van der Waals surface area (Å²) in [5.41, 5.74) is -0.0257. The van der Waals surface area contributed by atoms with Crippen molar-refractivity contribution in [3.63, 3.8) is 0 Å². The van der Waals surface area contributed by atoms with E-state index in [0.29, 0.717) is 25.8 Å². The van der Waals surface area contributed by atoms with Crippen molar-refractivity contribution in [2.45, 2.75) is 51.4 Å². The van der Waals surface area contributed by atoms with Gasteiger partial charge in [-0.1, -0.05) is 19.3 Å². The summed E-state index contributed by atoms with van der Waals surface area (Å²) in [5, 5.41) is 8.76. The molecule has 2 aliphatic rings. The largest absolute Gasteiger partial charge is 0.396 e. The normalized spacial score (nSPS) is 24.4. The zero-order valence-electron chi connectivity index (χ0n) is 10.3. The molecule has 1 saturated heterocycles. The van der Waals surface area contributed by atoms with Crippen molar-refractivity contribution in [1.82, 2.24) is 4.90 Å². The first-order valence-corrected chi connectivity index (χ1v) is 6.61. The van der Waals surface area contributed by atoms with Gasteiger partial charge in [0.25, 0.3) is 0 Å². The number of carbonyl (C=O) groups excluding carboxylic acids is 2. The second-order valence-electron chi connectivity index (χ2n) is 5.43. The van der Waals surface area contributed by atoms with Crippen molar-refractivity contribution in [3.8, 4) is 0 Å². The highest BCUT2D eigenvalue weighted by Crippen LogP contribution is 2.45. The van der Waals surface area contributed by atoms with Crippen LogP contribution in [0.4, 0.5) is 0 Å². The van der Waals surface area contributed by atoms with Crippen molar-refractivity contribution < 1.29 is 14.7 Å². The summed E-state index contributed by atoms with van der Waals surface area (Å²) in [5.74, 6) is -0.0619. The molecule has 2 rings (SSSR count). The minimum Gasteiger partial charge on any atom is -0.396 e. The number of aliphatic hydroxyl groups is 1. The van der Waals surface area contributed by atoms with Gasteiger partial charge in [0.2, 0.25) is 11.8 Å². The minimum absolute atomic E-state index is 0.0257. The Labute approximate surface area is 102 Å². The van der Waals surface area contributed by atoms with Crippen LogP contribution in [0, 0.1) is 5.41 Å². The third-order valence-corrected chi connectivity index (χ3v) is 4.11. The van der Waals surface area contributed by atoms with Crippen LogP contribution in [-0.2, 0) is 9.59 Å². The molecule has 1 aliphatic carbocycles. The summed E-state index contributed by atoms with van der Waals surface area (Å²) in [7, 11) is 0. The SMILES string of the molecule is O=C1CC2(CCCCC2)CC(=O)N1CCCO. The number of rotatable bonds is 3. The van der Waals surface area contributed by atoms with Gasteiger partial charge in [-0.05, 0) is 24.7 Å². The molecular formula is C13H21NO3. The number of carbonyl (C=O) groups is 2. The van der Waals surface area contributed by atoms with Crippen LogP contribution >= 0.6 is 0 Å².